The van der Waals surface area contributed by atoms with E-state index in [2.05, 4.69) is 26.0 Å². The van der Waals surface area contributed by atoms with E-state index in [0.717, 1.165) is 19.3 Å². The third-order valence-electron chi connectivity index (χ3n) is 4.44. The monoisotopic (exact) mass is 192 g/mol. The highest BCUT2D eigenvalue weighted by atomic mass is 16.5. The SMILES string of the molecule is CC12CCCC(C)(C1=O)C1C=CC2O1. The summed E-state index contributed by atoms with van der Waals surface area (Å²) in [4.78, 5) is 12.4. The van der Waals surface area contributed by atoms with Crippen LogP contribution in [0.3, 0.4) is 0 Å². The van der Waals surface area contributed by atoms with Gasteiger partial charge in [0.15, 0.2) is 0 Å². The van der Waals surface area contributed by atoms with Crippen LogP contribution in [0.15, 0.2) is 12.2 Å². The van der Waals surface area contributed by atoms with Crippen LogP contribution in [-0.2, 0) is 9.53 Å². The lowest BCUT2D eigenvalue weighted by molar-refractivity contribution is -0.181. The lowest BCUT2D eigenvalue weighted by Gasteiger charge is -2.51. The second-order valence-electron chi connectivity index (χ2n) is 5.38. The first kappa shape index (κ1) is 8.66. The van der Waals surface area contributed by atoms with E-state index in [1.807, 2.05) is 0 Å². The predicted octanol–water partition coefficient (Wildman–Crippen LogP) is 2.09. The Kier molecular flexibility index (Phi) is 1.42. The first-order valence-corrected chi connectivity index (χ1v) is 5.46. The van der Waals surface area contributed by atoms with Gasteiger partial charge in [0.05, 0.1) is 23.0 Å². The number of hydrogen-bond donors (Lipinski definition) is 0. The summed E-state index contributed by atoms with van der Waals surface area (Å²) in [6.07, 6.45) is 7.43. The fourth-order valence-corrected chi connectivity index (χ4v) is 3.42. The lowest BCUT2D eigenvalue weighted by Crippen LogP contribution is -2.59. The van der Waals surface area contributed by atoms with Gasteiger partial charge in [-0.05, 0) is 26.7 Å². The van der Waals surface area contributed by atoms with Crippen LogP contribution in [0.5, 0.6) is 0 Å². The molecule has 3 rings (SSSR count). The molecular weight excluding hydrogens is 176 g/mol. The number of ketones is 1. The molecular formula is C12H16O2. The van der Waals surface area contributed by atoms with Crippen molar-refractivity contribution in [2.24, 2.45) is 10.8 Å². The van der Waals surface area contributed by atoms with Gasteiger partial charge in [0.25, 0.3) is 0 Å². The summed E-state index contributed by atoms with van der Waals surface area (Å²) in [5.74, 6) is 0.433. The van der Waals surface area contributed by atoms with Crippen molar-refractivity contribution < 1.29 is 9.53 Å². The molecule has 14 heavy (non-hydrogen) atoms. The second kappa shape index (κ2) is 2.30. The van der Waals surface area contributed by atoms with E-state index in [-0.39, 0.29) is 23.0 Å². The Morgan fingerprint density at radius 1 is 1.21 bits per heavy atom. The fourth-order valence-electron chi connectivity index (χ4n) is 3.42. The minimum absolute atomic E-state index is 0.0494. The number of rotatable bonds is 0. The summed E-state index contributed by atoms with van der Waals surface area (Å²) >= 11 is 0. The first-order valence-electron chi connectivity index (χ1n) is 5.46. The standard InChI is InChI=1S/C12H16O2/c1-11-6-3-7-12(2,10(11)13)9-5-4-8(11)14-9/h4-5,8-9H,3,6-7H2,1-2H3. The topological polar surface area (TPSA) is 26.3 Å². The van der Waals surface area contributed by atoms with Crippen LogP contribution in [0, 0.1) is 10.8 Å². The molecule has 4 unspecified atom stereocenters. The summed E-state index contributed by atoms with van der Waals surface area (Å²) < 4.78 is 5.91. The summed E-state index contributed by atoms with van der Waals surface area (Å²) in [7, 11) is 0. The van der Waals surface area contributed by atoms with E-state index >= 15 is 0 Å². The molecule has 1 saturated heterocycles. The highest BCUT2D eigenvalue weighted by Crippen LogP contribution is 2.55. The molecule has 0 radical (unpaired) electrons. The number of hydrogen-bond acceptors (Lipinski definition) is 2. The number of carbonyl (C=O) groups excluding carboxylic acids is 1. The van der Waals surface area contributed by atoms with Crippen LogP contribution < -0.4 is 0 Å². The molecule has 0 amide bonds. The highest BCUT2D eigenvalue weighted by Gasteiger charge is 2.61. The Morgan fingerprint density at radius 2 is 1.71 bits per heavy atom. The molecule has 1 saturated carbocycles. The van der Waals surface area contributed by atoms with Crippen LogP contribution in [0.4, 0.5) is 0 Å². The Bertz CT molecular complexity index is 305. The third-order valence-corrected chi connectivity index (χ3v) is 4.44. The molecule has 2 heterocycles. The van der Waals surface area contributed by atoms with Gasteiger partial charge < -0.3 is 4.74 Å². The number of ether oxygens (including phenoxy) is 1. The van der Waals surface area contributed by atoms with Crippen LogP contribution in [0.1, 0.15) is 33.1 Å². The second-order valence-corrected chi connectivity index (χ2v) is 5.38. The lowest BCUT2D eigenvalue weighted by atomic mass is 9.58. The van der Waals surface area contributed by atoms with Crippen LogP contribution >= 0.6 is 0 Å². The van der Waals surface area contributed by atoms with E-state index < -0.39 is 0 Å². The van der Waals surface area contributed by atoms with Gasteiger partial charge in [0.1, 0.15) is 5.78 Å². The Hall–Kier alpha value is -0.630. The average molecular weight is 192 g/mol. The van der Waals surface area contributed by atoms with Crippen LogP contribution in [0.2, 0.25) is 0 Å². The third kappa shape index (κ3) is 0.750. The molecule has 0 N–H and O–H groups in total. The van der Waals surface area contributed by atoms with E-state index in [4.69, 9.17) is 4.74 Å². The van der Waals surface area contributed by atoms with E-state index in [0.29, 0.717) is 5.78 Å². The quantitative estimate of drug-likeness (QED) is 0.549. The predicted molar refractivity (Wildman–Crippen MR) is 52.9 cm³/mol. The maximum Gasteiger partial charge on any atom is 0.150 e. The van der Waals surface area contributed by atoms with Crippen molar-refractivity contribution in [1.29, 1.82) is 0 Å². The van der Waals surface area contributed by atoms with Crippen molar-refractivity contribution >= 4 is 5.78 Å². The fraction of sp³-hybridized carbons (Fsp3) is 0.750. The number of fused-ring (bicyclic) bond motifs is 6. The molecule has 76 valence electrons. The average Bonchev–Trinajstić information content (AvgIpc) is 2.61. The van der Waals surface area contributed by atoms with Gasteiger partial charge in [0.2, 0.25) is 0 Å². The smallest absolute Gasteiger partial charge is 0.150 e. The molecule has 0 aromatic carbocycles. The zero-order valence-electron chi connectivity index (χ0n) is 8.75. The number of carbonyl (C=O) groups is 1. The molecule has 0 aromatic heterocycles. The molecule has 2 nitrogen and oxygen atoms in total. The summed E-state index contributed by atoms with van der Waals surface area (Å²) in [6, 6.07) is 0. The molecule has 4 atom stereocenters. The maximum atomic E-state index is 12.4. The molecule has 2 aliphatic heterocycles. The van der Waals surface area contributed by atoms with E-state index in [1.54, 1.807) is 0 Å². The largest absolute Gasteiger partial charge is 0.365 e. The molecule has 0 aromatic rings. The van der Waals surface area contributed by atoms with Gasteiger partial charge in [-0.2, -0.15) is 0 Å². The molecule has 4 bridgehead atoms. The van der Waals surface area contributed by atoms with Gasteiger partial charge in [-0.3, -0.25) is 4.79 Å². The minimum atomic E-state index is -0.240. The molecule has 3 aliphatic rings. The Labute approximate surface area is 84.3 Å². The zero-order valence-corrected chi connectivity index (χ0v) is 8.75. The number of Topliss-reactive ketones (excluding diaryl/α,β-unsaturated/α-hetero) is 1. The first-order chi connectivity index (χ1) is 6.57. The zero-order chi connectivity index (χ0) is 9.97. The van der Waals surface area contributed by atoms with E-state index in [1.165, 1.54) is 0 Å². The molecule has 1 aliphatic carbocycles. The van der Waals surface area contributed by atoms with Gasteiger partial charge in [-0.15, -0.1) is 0 Å². The molecule has 0 spiro atoms. The van der Waals surface area contributed by atoms with Crippen LogP contribution in [-0.4, -0.2) is 18.0 Å². The van der Waals surface area contributed by atoms with Crippen molar-refractivity contribution in [2.75, 3.05) is 0 Å². The van der Waals surface area contributed by atoms with Crippen molar-refractivity contribution in [2.45, 2.75) is 45.3 Å². The van der Waals surface area contributed by atoms with Crippen molar-refractivity contribution in [1.82, 2.24) is 0 Å². The van der Waals surface area contributed by atoms with Gasteiger partial charge >= 0.3 is 0 Å². The van der Waals surface area contributed by atoms with E-state index in [9.17, 15) is 4.79 Å². The van der Waals surface area contributed by atoms with Gasteiger partial charge in [-0.25, -0.2) is 0 Å². The summed E-state index contributed by atoms with van der Waals surface area (Å²) in [6.45, 7) is 4.15. The van der Waals surface area contributed by atoms with Crippen molar-refractivity contribution in [3.8, 4) is 0 Å². The van der Waals surface area contributed by atoms with Crippen molar-refractivity contribution in [3.63, 3.8) is 0 Å². The van der Waals surface area contributed by atoms with Gasteiger partial charge in [0, 0.05) is 0 Å². The Morgan fingerprint density at radius 3 is 2.21 bits per heavy atom. The van der Waals surface area contributed by atoms with Gasteiger partial charge in [-0.1, -0.05) is 18.6 Å². The maximum absolute atomic E-state index is 12.4. The van der Waals surface area contributed by atoms with Crippen LogP contribution in [0.25, 0.3) is 0 Å². The summed E-state index contributed by atoms with van der Waals surface area (Å²) in [5, 5.41) is 0. The normalized spacial score (nSPS) is 55.1. The summed E-state index contributed by atoms with van der Waals surface area (Å²) in [5.41, 5.74) is -0.479. The minimum Gasteiger partial charge on any atom is -0.365 e. The van der Waals surface area contributed by atoms with Crippen molar-refractivity contribution in [3.05, 3.63) is 12.2 Å². The Balaban J connectivity index is 2.16. The molecule has 2 heteroatoms. The molecule has 2 fully saturated rings. The highest BCUT2D eigenvalue weighted by molar-refractivity contribution is 5.93.